The second-order valence-electron chi connectivity index (χ2n) is 2.94. The first kappa shape index (κ1) is 9.71. The molecule has 0 radical (unpaired) electrons. The van der Waals surface area contributed by atoms with Crippen LogP contribution in [0.2, 0.25) is 0 Å². The molecule has 0 aliphatic carbocycles. The molecule has 1 heterocycles. The molecular formula is C11H9F2NO. The molecule has 0 saturated carbocycles. The Labute approximate surface area is 85.7 Å². The van der Waals surface area contributed by atoms with Crippen LogP contribution in [0.25, 0.3) is 5.69 Å². The highest BCUT2D eigenvalue weighted by molar-refractivity contribution is 5.46. The molecule has 0 saturated heterocycles. The standard InChI is InChI=1S/C11H9F2NO/c12-11(13)15-10-6-2-1-5-9(10)14-7-3-4-8-14/h1-8,11H. The molecule has 0 atom stereocenters. The van der Waals surface area contributed by atoms with Gasteiger partial charge in [0.25, 0.3) is 0 Å². The van der Waals surface area contributed by atoms with Crippen LogP contribution in [0.3, 0.4) is 0 Å². The molecule has 78 valence electrons. The molecule has 1 aromatic heterocycles. The number of benzene rings is 1. The number of aromatic nitrogens is 1. The quantitative estimate of drug-likeness (QED) is 0.757. The van der Waals surface area contributed by atoms with E-state index in [4.69, 9.17) is 0 Å². The summed E-state index contributed by atoms with van der Waals surface area (Å²) in [6.07, 6.45) is 3.54. The lowest BCUT2D eigenvalue weighted by atomic mass is 10.3. The fraction of sp³-hybridized carbons (Fsp3) is 0.0909. The smallest absolute Gasteiger partial charge is 0.387 e. The topological polar surface area (TPSA) is 14.2 Å². The SMILES string of the molecule is FC(F)Oc1ccccc1-n1cccc1. The van der Waals surface area contributed by atoms with E-state index in [0.717, 1.165) is 0 Å². The van der Waals surface area contributed by atoms with E-state index in [-0.39, 0.29) is 5.75 Å². The maximum absolute atomic E-state index is 12.1. The minimum absolute atomic E-state index is 0.170. The van der Waals surface area contributed by atoms with Gasteiger partial charge in [0.15, 0.2) is 0 Å². The second-order valence-corrected chi connectivity index (χ2v) is 2.94. The van der Waals surface area contributed by atoms with E-state index in [1.807, 2.05) is 12.1 Å². The highest BCUT2D eigenvalue weighted by Gasteiger charge is 2.09. The van der Waals surface area contributed by atoms with Crippen molar-refractivity contribution in [1.82, 2.24) is 4.57 Å². The first-order chi connectivity index (χ1) is 7.27. The lowest BCUT2D eigenvalue weighted by Gasteiger charge is -2.10. The molecule has 0 aliphatic rings. The van der Waals surface area contributed by atoms with E-state index in [0.29, 0.717) is 5.69 Å². The monoisotopic (exact) mass is 209 g/mol. The lowest BCUT2D eigenvalue weighted by molar-refractivity contribution is -0.0498. The van der Waals surface area contributed by atoms with E-state index in [9.17, 15) is 8.78 Å². The Kier molecular flexibility index (Phi) is 2.67. The third-order valence-electron chi connectivity index (χ3n) is 1.96. The normalized spacial score (nSPS) is 10.6. The molecule has 0 amide bonds. The van der Waals surface area contributed by atoms with Crippen LogP contribution in [-0.4, -0.2) is 11.2 Å². The number of ether oxygens (including phenoxy) is 1. The molecule has 0 fully saturated rings. The summed E-state index contributed by atoms with van der Waals surface area (Å²) < 4.78 is 30.4. The van der Waals surface area contributed by atoms with E-state index >= 15 is 0 Å². The van der Waals surface area contributed by atoms with E-state index < -0.39 is 6.61 Å². The van der Waals surface area contributed by atoms with E-state index in [2.05, 4.69) is 4.74 Å². The molecule has 2 aromatic rings. The van der Waals surface area contributed by atoms with Crippen molar-refractivity contribution in [1.29, 1.82) is 0 Å². The highest BCUT2D eigenvalue weighted by Crippen LogP contribution is 2.23. The predicted molar refractivity (Wildman–Crippen MR) is 52.4 cm³/mol. The number of rotatable bonds is 3. The summed E-state index contributed by atoms with van der Waals surface area (Å²) in [5.41, 5.74) is 0.600. The van der Waals surface area contributed by atoms with Gasteiger partial charge in [-0.2, -0.15) is 8.78 Å². The summed E-state index contributed by atoms with van der Waals surface area (Å²) >= 11 is 0. The summed E-state index contributed by atoms with van der Waals surface area (Å²) in [7, 11) is 0. The van der Waals surface area contributed by atoms with Gasteiger partial charge in [-0.3, -0.25) is 0 Å². The van der Waals surface area contributed by atoms with Gasteiger partial charge in [0, 0.05) is 12.4 Å². The number of alkyl halides is 2. The fourth-order valence-electron chi connectivity index (χ4n) is 1.36. The average Bonchev–Trinajstić information content (AvgIpc) is 2.70. The van der Waals surface area contributed by atoms with Crippen LogP contribution in [-0.2, 0) is 0 Å². The Morgan fingerprint density at radius 2 is 1.67 bits per heavy atom. The fourth-order valence-corrected chi connectivity index (χ4v) is 1.36. The molecule has 0 unspecified atom stereocenters. The van der Waals surface area contributed by atoms with Gasteiger partial charge in [-0.15, -0.1) is 0 Å². The van der Waals surface area contributed by atoms with Crippen molar-refractivity contribution >= 4 is 0 Å². The largest absolute Gasteiger partial charge is 0.433 e. The van der Waals surface area contributed by atoms with Crippen LogP contribution in [0.5, 0.6) is 5.75 Å². The van der Waals surface area contributed by atoms with Crippen molar-refractivity contribution < 1.29 is 13.5 Å². The molecule has 0 spiro atoms. The number of nitrogens with zero attached hydrogens (tertiary/aromatic N) is 1. The number of halogens is 2. The first-order valence-corrected chi connectivity index (χ1v) is 4.44. The zero-order chi connectivity index (χ0) is 10.7. The molecule has 2 rings (SSSR count). The Morgan fingerprint density at radius 1 is 1.00 bits per heavy atom. The zero-order valence-corrected chi connectivity index (χ0v) is 7.81. The number of hydrogen-bond acceptors (Lipinski definition) is 1. The molecule has 0 N–H and O–H groups in total. The van der Waals surface area contributed by atoms with Crippen molar-refractivity contribution in [3.05, 3.63) is 48.8 Å². The summed E-state index contributed by atoms with van der Waals surface area (Å²) in [5.74, 6) is 0.170. The molecular weight excluding hydrogens is 200 g/mol. The average molecular weight is 209 g/mol. The maximum Gasteiger partial charge on any atom is 0.387 e. The Balaban J connectivity index is 2.38. The van der Waals surface area contributed by atoms with Gasteiger partial charge < -0.3 is 9.30 Å². The third-order valence-corrected chi connectivity index (χ3v) is 1.96. The molecule has 0 bridgehead atoms. The Morgan fingerprint density at radius 3 is 2.33 bits per heavy atom. The van der Waals surface area contributed by atoms with Gasteiger partial charge in [0.2, 0.25) is 0 Å². The van der Waals surface area contributed by atoms with Crippen LogP contribution >= 0.6 is 0 Å². The summed E-state index contributed by atoms with van der Waals surface area (Å²) in [4.78, 5) is 0. The van der Waals surface area contributed by atoms with Crippen molar-refractivity contribution in [2.75, 3.05) is 0 Å². The molecule has 2 nitrogen and oxygen atoms in total. The van der Waals surface area contributed by atoms with Crippen molar-refractivity contribution in [3.63, 3.8) is 0 Å². The zero-order valence-electron chi connectivity index (χ0n) is 7.81. The van der Waals surface area contributed by atoms with Crippen LogP contribution in [0.15, 0.2) is 48.8 Å². The summed E-state index contributed by atoms with van der Waals surface area (Å²) in [6.45, 7) is -2.80. The van der Waals surface area contributed by atoms with E-state index in [1.54, 1.807) is 35.2 Å². The molecule has 15 heavy (non-hydrogen) atoms. The third kappa shape index (κ3) is 2.15. The van der Waals surface area contributed by atoms with Crippen molar-refractivity contribution in [2.24, 2.45) is 0 Å². The van der Waals surface area contributed by atoms with Gasteiger partial charge in [-0.25, -0.2) is 0 Å². The van der Waals surface area contributed by atoms with Crippen LogP contribution < -0.4 is 4.74 Å². The van der Waals surface area contributed by atoms with Crippen LogP contribution in [0.4, 0.5) is 8.78 Å². The predicted octanol–water partition coefficient (Wildman–Crippen LogP) is 3.08. The molecule has 0 aliphatic heterocycles. The number of hydrogen-bond donors (Lipinski definition) is 0. The Bertz CT molecular complexity index is 426. The van der Waals surface area contributed by atoms with Gasteiger partial charge in [0.05, 0.1) is 5.69 Å². The van der Waals surface area contributed by atoms with Gasteiger partial charge >= 0.3 is 6.61 Å². The van der Waals surface area contributed by atoms with Crippen molar-refractivity contribution in [2.45, 2.75) is 6.61 Å². The second kappa shape index (κ2) is 4.13. The maximum atomic E-state index is 12.1. The number of para-hydroxylation sites is 2. The lowest BCUT2D eigenvalue weighted by Crippen LogP contribution is -2.05. The van der Waals surface area contributed by atoms with Gasteiger partial charge in [-0.05, 0) is 24.3 Å². The van der Waals surface area contributed by atoms with Crippen molar-refractivity contribution in [3.8, 4) is 11.4 Å². The van der Waals surface area contributed by atoms with Gasteiger partial charge in [-0.1, -0.05) is 12.1 Å². The van der Waals surface area contributed by atoms with E-state index in [1.165, 1.54) is 6.07 Å². The first-order valence-electron chi connectivity index (χ1n) is 4.44. The summed E-state index contributed by atoms with van der Waals surface area (Å²) in [5, 5.41) is 0. The highest BCUT2D eigenvalue weighted by atomic mass is 19.3. The molecule has 1 aromatic carbocycles. The molecule has 4 heteroatoms. The van der Waals surface area contributed by atoms with Crippen LogP contribution in [0, 0.1) is 0 Å². The van der Waals surface area contributed by atoms with Gasteiger partial charge in [0.1, 0.15) is 5.75 Å². The summed E-state index contributed by atoms with van der Waals surface area (Å²) in [6, 6.07) is 10.3. The van der Waals surface area contributed by atoms with Crippen LogP contribution in [0.1, 0.15) is 0 Å². The minimum Gasteiger partial charge on any atom is -0.433 e. The Hall–Kier alpha value is -1.84. The minimum atomic E-state index is -2.80.